The van der Waals surface area contributed by atoms with E-state index < -0.39 is 16.8 Å². The minimum atomic E-state index is -0.658. The molecule has 3 nitrogen and oxygen atoms in total. The topological polar surface area (TPSA) is 46.5 Å². The second-order valence-corrected chi connectivity index (χ2v) is 8.04. The van der Waals surface area contributed by atoms with Crippen LogP contribution in [0.4, 0.5) is 0 Å². The molecule has 2 aromatic rings. The van der Waals surface area contributed by atoms with Gasteiger partial charge in [-0.2, -0.15) is 0 Å². The summed E-state index contributed by atoms with van der Waals surface area (Å²) in [5.41, 5.74) is 3.64. The van der Waals surface area contributed by atoms with Gasteiger partial charge in [0.15, 0.2) is 0 Å². The summed E-state index contributed by atoms with van der Waals surface area (Å²) in [5, 5.41) is 11.1. The minimum absolute atomic E-state index is 0.140. The Morgan fingerprint density at radius 3 is 2.37 bits per heavy atom. The number of fused-ring (bicyclic) bond motifs is 2. The fourth-order valence-electron chi connectivity index (χ4n) is 4.46. The molecule has 1 unspecified atom stereocenters. The number of carbonyl (C=O) groups excluding carboxylic acids is 1. The number of hydrogen-bond donors (Lipinski definition) is 1. The van der Waals surface area contributed by atoms with Crippen molar-refractivity contribution in [2.75, 3.05) is 7.11 Å². The molecular weight excluding hydrogens is 336 g/mol. The van der Waals surface area contributed by atoms with E-state index in [4.69, 9.17) is 4.74 Å². The first-order valence-electron chi connectivity index (χ1n) is 9.31. The minimum Gasteiger partial charge on any atom is -0.511 e. The first-order chi connectivity index (χ1) is 12.9. The highest BCUT2D eigenvalue weighted by atomic mass is 16.5. The third kappa shape index (κ3) is 2.53. The van der Waals surface area contributed by atoms with Crippen molar-refractivity contribution in [2.24, 2.45) is 5.41 Å². The van der Waals surface area contributed by atoms with Gasteiger partial charge in [0.05, 0.1) is 18.1 Å². The number of carbonyl (C=O) groups is 1. The van der Waals surface area contributed by atoms with E-state index in [1.807, 2.05) is 44.2 Å². The molecule has 0 saturated carbocycles. The zero-order chi connectivity index (χ0) is 19.2. The Hall–Kier alpha value is -2.81. The Morgan fingerprint density at radius 2 is 1.67 bits per heavy atom. The van der Waals surface area contributed by atoms with Gasteiger partial charge < -0.3 is 9.84 Å². The van der Waals surface area contributed by atoms with Crippen molar-refractivity contribution in [3.8, 4) is 0 Å². The lowest BCUT2D eigenvalue weighted by Crippen LogP contribution is -2.39. The van der Waals surface area contributed by atoms with Crippen molar-refractivity contribution in [1.82, 2.24) is 0 Å². The maximum atomic E-state index is 12.8. The van der Waals surface area contributed by atoms with Crippen LogP contribution in [0.5, 0.6) is 0 Å². The molecule has 0 bridgehead atoms. The van der Waals surface area contributed by atoms with Gasteiger partial charge in [0, 0.05) is 5.41 Å². The molecule has 0 saturated heterocycles. The molecule has 0 heterocycles. The standard InChI is InChI=1S/C24H24O3/c1-23(2)13-14-24(20(21(23)25)22(26)27-3)15-18(16-9-5-4-6-10-16)17-11-7-8-12-19(17)24/h4-12,15,25H,13-14H2,1-3H3. The molecule has 1 spiro atoms. The van der Waals surface area contributed by atoms with Gasteiger partial charge in [-0.05, 0) is 35.1 Å². The SMILES string of the molecule is COC(=O)C1=C(O)C(C)(C)CCC12C=C(c1ccccc1)c1ccccc12. The van der Waals surface area contributed by atoms with E-state index in [9.17, 15) is 9.90 Å². The third-order valence-corrected chi connectivity index (χ3v) is 6.03. The Bertz CT molecular complexity index is 966. The highest BCUT2D eigenvalue weighted by Gasteiger charge is 2.51. The van der Waals surface area contributed by atoms with Crippen LogP contribution in [0.15, 0.2) is 72.0 Å². The molecule has 0 aromatic heterocycles. The number of hydrogen-bond acceptors (Lipinski definition) is 3. The number of benzene rings is 2. The number of aliphatic hydroxyl groups excluding tert-OH is 1. The Kier molecular flexibility index (Phi) is 3.99. The largest absolute Gasteiger partial charge is 0.511 e. The van der Waals surface area contributed by atoms with Crippen molar-refractivity contribution >= 4 is 11.5 Å². The molecular formula is C24H24O3. The second kappa shape index (κ2) is 6.12. The molecule has 138 valence electrons. The highest BCUT2D eigenvalue weighted by molar-refractivity contribution is 5.98. The van der Waals surface area contributed by atoms with Gasteiger partial charge in [-0.1, -0.05) is 74.5 Å². The maximum absolute atomic E-state index is 12.8. The van der Waals surface area contributed by atoms with Gasteiger partial charge in [-0.25, -0.2) is 4.79 Å². The van der Waals surface area contributed by atoms with Crippen LogP contribution < -0.4 is 0 Å². The monoisotopic (exact) mass is 360 g/mol. The number of rotatable bonds is 2. The number of methoxy groups -OCH3 is 1. The predicted molar refractivity (Wildman–Crippen MR) is 106 cm³/mol. The molecule has 0 aliphatic heterocycles. The summed E-state index contributed by atoms with van der Waals surface area (Å²) in [4.78, 5) is 12.8. The predicted octanol–water partition coefficient (Wildman–Crippen LogP) is 5.17. The number of ether oxygens (including phenoxy) is 1. The number of aliphatic hydroxyl groups is 1. The van der Waals surface area contributed by atoms with E-state index in [-0.39, 0.29) is 5.76 Å². The summed E-state index contributed by atoms with van der Waals surface area (Å²) in [7, 11) is 1.38. The first-order valence-corrected chi connectivity index (χ1v) is 9.31. The zero-order valence-electron chi connectivity index (χ0n) is 16.0. The van der Waals surface area contributed by atoms with E-state index >= 15 is 0 Å². The van der Waals surface area contributed by atoms with E-state index in [2.05, 4.69) is 30.3 Å². The number of allylic oxidation sites excluding steroid dienone is 2. The van der Waals surface area contributed by atoms with Crippen molar-refractivity contribution in [2.45, 2.75) is 32.1 Å². The van der Waals surface area contributed by atoms with Crippen molar-refractivity contribution < 1.29 is 14.6 Å². The quantitative estimate of drug-likeness (QED) is 0.751. The van der Waals surface area contributed by atoms with Gasteiger partial charge in [-0.3, -0.25) is 0 Å². The van der Waals surface area contributed by atoms with Crippen LogP contribution in [0, 0.1) is 5.41 Å². The molecule has 0 fully saturated rings. The Balaban J connectivity index is 2.03. The molecule has 0 radical (unpaired) electrons. The van der Waals surface area contributed by atoms with Crippen LogP contribution in [0.3, 0.4) is 0 Å². The van der Waals surface area contributed by atoms with Crippen LogP contribution >= 0.6 is 0 Å². The molecule has 1 N–H and O–H groups in total. The normalized spacial score (nSPS) is 23.1. The summed E-state index contributed by atoms with van der Waals surface area (Å²) < 4.78 is 5.11. The first kappa shape index (κ1) is 17.6. The lowest BCUT2D eigenvalue weighted by atomic mass is 9.62. The second-order valence-electron chi connectivity index (χ2n) is 8.04. The molecule has 3 heteroatoms. The van der Waals surface area contributed by atoms with Crippen LogP contribution in [-0.4, -0.2) is 18.2 Å². The van der Waals surface area contributed by atoms with Crippen LogP contribution in [0.25, 0.3) is 5.57 Å². The summed E-state index contributed by atoms with van der Waals surface area (Å²) in [6.07, 6.45) is 3.69. The van der Waals surface area contributed by atoms with Crippen LogP contribution in [-0.2, 0) is 14.9 Å². The fraction of sp³-hybridized carbons (Fsp3) is 0.292. The van der Waals surface area contributed by atoms with Gasteiger partial charge in [0.25, 0.3) is 0 Å². The van der Waals surface area contributed by atoms with Gasteiger partial charge in [0.1, 0.15) is 5.76 Å². The van der Waals surface area contributed by atoms with Crippen LogP contribution in [0.1, 0.15) is 43.4 Å². The smallest absolute Gasteiger partial charge is 0.338 e. The zero-order valence-corrected chi connectivity index (χ0v) is 16.0. The molecule has 2 aromatic carbocycles. The highest BCUT2D eigenvalue weighted by Crippen LogP contribution is 2.56. The summed E-state index contributed by atoms with van der Waals surface area (Å²) in [5.74, 6) is -0.318. The molecule has 2 aliphatic carbocycles. The Labute approximate surface area is 160 Å². The van der Waals surface area contributed by atoms with E-state index in [0.29, 0.717) is 5.57 Å². The van der Waals surface area contributed by atoms with Crippen molar-refractivity contribution in [1.29, 1.82) is 0 Å². The lowest BCUT2D eigenvalue weighted by molar-refractivity contribution is -0.137. The van der Waals surface area contributed by atoms with Crippen LogP contribution in [0.2, 0.25) is 0 Å². The van der Waals surface area contributed by atoms with Gasteiger partial charge in [0.2, 0.25) is 0 Å². The average molecular weight is 360 g/mol. The molecule has 0 amide bonds. The Morgan fingerprint density at radius 1 is 1.00 bits per heavy atom. The molecule has 2 aliphatic rings. The third-order valence-electron chi connectivity index (χ3n) is 6.03. The van der Waals surface area contributed by atoms with Gasteiger partial charge >= 0.3 is 5.97 Å². The average Bonchev–Trinajstić information content (AvgIpc) is 3.01. The maximum Gasteiger partial charge on any atom is 0.338 e. The molecule has 4 rings (SSSR count). The van der Waals surface area contributed by atoms with Crippen molar-refractivity contribution in [3.63, 3.8) is 0 Å². The summed E-state index contributed by atoms with van der Waals surface area (Å²) in [6.45, 7) is 3.95. The van der Waals surface area contributed by atoms with E-state index in [0.717, 1.165) is 35.1 Å². The molecule has 1 atom stereocenters. The summed E-state index contributed by atoms with van der Waals surface area (Å²) in [6, 6.07) is 18.4. The lowest BCUT2D eigenvalue weighted by Gasteiger charge is -2.41. The molecule has 27 heavy (non-hydrogen) atoms. The fourth-order valence-corrected chi connectivity index (χ4v) is 4.46. The van der Waals surface area contributed by atoms with Crippen molar-refractivity contribution in [3.05, 3.63) is 88.7 Å². The van der Waals surface area contributed by atoms with Gasteiger partial charge in [-0.15, -0.1) is 0 Å². The summed E-state index contributed by atoms with van der Waals surface area (Å²) >= 11 is 0. The van der Waals surface area contributed by atoms with E-state index in [1.54, 1.807) is 0 Å². The number of esters is 1. The van der Waals surface area contributed by atoms with E-state index in [1.165, 1.54) is 7.11 Å².